The van der Waals surface area contributed by atoms with Crippen LogP contribution in [0, 0.1) is 5.92 Å². The first-order chi connectivity index (χ1) is 7.65. The summed E-state index contributed by atoms with van der Waals surface area (Å²) in [5.41, 5.74) is 0. The molecule has 0 aromatic heterocycles. The second-order valence-corrected chi connectivity index (χ2v) is 2.91. The van der Waals surface area contributed by atoms with Crippen molar-refractivity contribution in [3.05, 3.63) is 37.1 Å². The van der Waals surface area contributed by atoms with Crippen LogP contribution in [0.15, 0.2) is 37.1 Å². The van der Waals surface area contributed by atoms with E-state index in [0.717, 1.165) is 6.26 Å². The van der Waals surface area contributed by atoms with E-state index < -0.39 is 24.5 Å². The van der Waals surface area contributed by atoms with Gasteiger partial charge in [-0.25, -0.2) is 4.79 Å². The lowest BCUT2D eigenvalue weighted by Crippen LogP contribution is -2.26. The molecule has 0 saturated heterocycles. The molecule has 1 rings (SSSR count). The van der Waals surface area contributed by atoms with Crippen molar-refractivity contribution in [3.8, 4) is 0 Å². The van der Waals surface area contributed by atoms with E-state index in [1.807, 2.05) is 0 Å². The molecule has 0 heterocycles. The van der Waals surface area contributed by atoms with E-state index in [1.54, 1.807) is 12.2 Å². The van der Waals surface area contributed by atoms with E-state index in [2.05, 4.69) is 16.1 Å². The fourth-order valence-electron chi connectivity index (χ4n) is 1.11. The standard InChI is InChI=1S/C11H10O5/c1-2-15-11(14)16-7-10(13)8-5-3-4-6-9(8)12/h2-6,8H,1,7H2. The number of Topliss-reactive ketones (excluding diaryl/α,β-unsaturated/α-hetero) is 1. The highest BCUT2D eigenvalue weighted by atomic mass is 16.7. The van der Waals surface area contributed by atoms with Gasteiger partial charge in [0.2, 0.25) is 0 Å². The van der Waals surface area contributed by atoms with Crippen molar-refractivity contribution in [1.82, 2.24) is 0 Å². The van der Waals surface area contributed by atoms with Gasteiger partial charge in [-0.3, -0.25) is 9.59 Å². The average Bonchev–Trinajstić information content (AvgIpc) is 2.27. The molecule has 0 radical (unpaired) electrons. The van der Waals surface area contributed by atoms with Crippen LogP contribution in [0.5, 0.6) is 0 Å². The van der Waals surface area contributed by atoms with Gasteiger partial charge in [-0.2, -0.15) is 0 Å². The van der Waals surface area contributed by atoms with Crippen LogP contribution in [-0.4, -0.2) is 24.3 Å². The first-order valence-corrected chi connectivity index (χ1v) is 4.51. The Morgan fingerprint density at radius 3 is 2.81 bits per heavy atom. The number of ether oxygens (including phenoxy) is 2. The van der Waals surface area contributed by atoms with Gasteiger partial charge >= 0.3 is 6.16 Å². The predicted molar refractivity (Wildman–Crippen MR) is 54.4 cm³/mol. The molecule has 0 spiro atoms. The molecule has 1 aliphatic carbocycles. The summed E-state index contributed by atoms with van der Waals surface area (Å²) < 4.78 is 8.69. The van der Waals surface area contributed by atoms with Gasteiger partial charge in [0, 0.05) is 0 Å². The first kappa shape index (κ1) is 11.9. The molecule has 16 heavy (non-hydrogen) atoms. The Labute approximate surface area is 92.0 Å². The highest BCUT2D eigenvalue weighted by molar-refractivity contribution is 6.10. The highest BCUT2D eigenvalue weighted by Crippen LogP contribution is 2.09. The molecule has 0 saturated carbocycles. The van der Waals surface area contributed by atoms with Crippen LogP contribution in [0.25, 0.3) is 0 Å². The first-order valence-electron chi connectivity index (χ1n) is 4.51. The maximum atomic E-state index is 11.5. The van der Waals surface area contributed by atoms with Gasteiger partial charge in [-0.05, 0) is 6.08 Å². The molecule has 0 aromatic carbocycles. The summed E-state index contributed by atoms with van der Waals surface area (Å²) >= 11 is 0. The van der Waals surface area contributed by atoms with Crippen LogP contribution in [0.2, 0.25) is 0 Å². The lowest BCUT2D eigenvalue weighted by atomic mass is 9.95. The molecular formula is C11H10O5. The van der Waals surface area contributed by atoms with Crippen LogP contribution in [0.1, 0.15) is 0 Å². The summed E-state index contributed by atoms with van der Waals surface area (Å²) in [5.74, 6) is -1.69. The number of carbonyl (C=O) groups is 3. The monoisotopic (exact) mass is 222 g/mol. The van der Waals surface area contributed by atoms with Gasteiger partial charge in [0.15, 0.2) is 18.2 Å². The number of carbonyl (C=O) groups excluding carboxylic acids is 3. The van der Waals surface area contributed by atoms with Crippen molar-refractivity contribution in [2.24, 2.45) is 5.92 Å². The van der Waals surface area contributed by atoms with E-state index in [1.165, 1.54) is 12.2 Å². The fourth-order valence-corrected chi connectivity index (χ4v) is 1.11. The second-order valence-electron chi connectivity index (χ2n) is 2.91. The van der Waals surface area contributed by atoms with E-state index in [0.29, 0.717) is 0 Å². The van der Waals surface area contributed by atoms with Crippen molar-refractivity contribution in [1.29, 1.82) is 0 Å². The maximum absolute atomic E-state index is 11.5. The zero-order valence-electron chi connectivity index (χ0n) is 8.42. The average molecular weight is 222 g/mol. The molecule has 0 bridgehead atoms. The van der Waals surface area contributed by atoms with Crippen LogP contribution in [0.3, 0.4) is 0 Å². The summed E-state index contributed by atoms with van der Waals surface area (Å²) in [6.07, 6.45) is 5.75. The summed E-state index contributed by atoms with van der Waals surface area (Å²) in [5, 5.41) is 0. The molecule has 0 aromatic rings. The lowest BCUT2D eigenvalue weighted by molar-refractivity contribution is -0.130. The van der Waals surface area contributed by atoms with Crippen LogP contribution < -0.4 is 0 Å². The Balaban J connectivity index is 2.44. The number of rotatable bonds is 4. The SMILES string of the molecule is C=COC(=O)OCC(=O)C1C=CC=CC1=O. The van der Waals surface area contributed by atoms with Crippen LogP contribution >= 0.6 is 0 Å². The Hall–Kier alpha value is -2.17. The minimum Gasteiger partial charge on any atom is -0.426 e. The van der Waals surface area contributed by atoms with Crippen molar-refractivity contribution >= 4 is 17.7 Å². The minimum absolute atomic E-state index is 0.326. The fraction of sp³-hybridized carbons (Fsp3) is 0.182. The van der Waals surface area contributed by atoms with Gasteiger partial charge in [0.05, 0.1) is 6.26 Å². The molecular weight excluding hydrogens is 212 g/mol. The minimum atomic E-state index is -1.02. The van der Waals surface area contributed by atoms with Gasteiger partial charge in [0.1, 0.15) is 5.92 Å². The molecule has 1 aliphatic rings. The van der Waals surface area contributed by atoms with Crippen molar-refractivity contribution in [3.63, 3.8) is 0 Å². The lowest BCUT2D eigenvalue weighted by Gasteiger charge is -2.10. The molecule has 0 aliphatic heterocycles. The quantitative estimate of drug-likeness (QED) is 0.405. The molecule has 0 N–H and O–H groups in total. The summed E-state index contributed by atoms with van der Waals surface area (Å²) in [7, 11) is 0. The largest absolute Gasteiger partial charge is 0.513 e. The van der Waals surface area contributed by atoms with Gasteiger partial charge in [0.25, 0.3) is 0 Å². The van der Waals surface area contributed by atoms with Crippen LogP contribution in [-0.2, 0) is 19.1 Å². The summed E-state index contributed by atoms with van der Waals surface area (Å²) in [4.78, 5) is 33.4. The van der Waals surface area contributed by atoms with Gasteiger partial charge < -0.3 is 9.47 Å². The number of allylic oxidation sites excluding steroid dienone is 4. The van der Waals surface area contributed by atoms with Gasteiger partial charge in [-0.15, -0.1) is 0 Å². The third-order valence-corrected chi connectivity index (χ3v) is 1.84. The smallest absolute Gasteiger partial charge is 0.426 e. The predicted octanol–water partition coefficient (Wildman–Crippen LogP) is 1.16. The molecule has 0 amide bonds. The zero-order chi connectivity index (χ0) is 12.0. The normalized spacial score (nSPS) is 18.0. The van der Waals surface area contributed by atoms with Crippen molar-refractivity contribution in [2.45, 2.75) is 0 Å². The number of hydrogen-bond donors (Lipinski definition) is 0. The Morgan fingerprint density at radius 2 is 2.19 bits per heavy atom. The number of hydrogen-bond acceptors (Lipinski definition) is 5. The van der Waals surface area contributed by atoms with E-state index in [9.17, 15) is 14.4 Å². The molecule has 1 atom stereocenters. The molecule has 1 unspecified atom stereocenters. The van der Waals surface area contributed by atoms with Crippen molar-refractivity contribution < 1.29 is 23.9 Å². The maximum Gasteiger partial charge on any atom is 0.513 e. The topological polar surface area (TPSA) is 69.7 Å². The van der Waals surface area contributed by atoms with E-state index >= 15 is 0 Å². The van der Waals surface area contributed by atoms with Gasteiger partial charge in [-0.1, -0.05) is 24.8 Å². The highest BCUT2D eigenvalue weighted by Gasteiger charge is 2.24. The Morgan fingerprint density at radius 1 is 1.44 bits per heavy atom. The van der Waals surface area contributed by atoms with Crippen LogP contribution in [0.4, 0.5) is 4.79 Å². The second kappa shape index (κ2) is 5.65. The molecule has 0 fully saturated rings. The molecule has 5 nitrogen and oxygen atoms in total. The van der Waals surface area contributed by atoms with E-state index in [4.69, 9.17) is 0 Å². The summed E-state index contributed by atoms with van der Waals surface area (Å²) in [6.45, 7) is 2.65. The third kappa shape index (κ3) is 3.20. The number of ketones is 2. The Kier molecular flexibility index (Phi) is 4.20. The summed E-state index contributed by atoms with van der Waals surface area (Å²) in [6, 6.07) is 0. The van der Waals surface area contributed by atoms with E-state index in [-0.39, 0.29) is 5.78 Å². The zero-order valence-corrected chi connectivity index (χ0v) is 8.42. The Bertz CT molecular complexity index is 378. The van der Waals surface area contributed by atoms with Crippen molar-refractivity contribution in [2.75, 3.05) is 6.61 Å². The molecule has 84 valence electrons. The third-order valence-electron chi connectivity index (χ3n) is 1.84. The molecule has 5 heteroatoms.